The third-order valence-corrected chi connectivity index (χ3v) is 2.06. The fourth-order valence-electron chi connectivity index (χ4n) is 1.30. The van der Waals surface area contributed by atoms with Crippen LogP contribution in [0.15, 0.2) is 30.9 Å². The molecular formula is C10H12N2. The number of hydrogen-bond donors (Lipinski definition) is 0. The molecule has 0 atom stereocenters. The first-order valence-electron chi connectivity index (χ1n) is 4.18. The van der Waals surface area contributed by atoms with Crippen molar-refractivity contribution in [3.8, 4) is 0 Å². The number of rotatable bonds is 1. The lowest BCUT2D eigenvalue weighted by Gasteiger charge is -2.04. The predicted octanol–water partition coefficient (Wildman–Crippen LogP) is 2.62. The Morgan fingerprint density at radius 3 is 2.67 bits per heavy atom. The van der Waals surface area contributed by atoms with Crippen LogP contribution < -0.4 is 0 Å². The summed E-state index contributed by atoms with van der Waals surface area (Å²) in [7, 11) is 0. The molecule has 0 N–H and O–H groups in total. The van der Waals surface area contributed by atoms with Crippen molar-refractivity contribution in [2.75, 3.05) is 0 Å². The first-order valence-corrected chi connectivity index (χ1v) is 4.18. The molecule has 2 rings (SSSR count). The van der Waals surface area contributed by atoms with Gasteiger partial charge >= 0.3 is 0 Å². The summed E-state index contributed by atoms with van der Waals surface area (Å²) in [5, 5.41) is 2.48. The van der Waals surface area contributed by atoms with E-state index in [9.17, 15) is 0 Å². The Labute approximate surface area is 71.8 Å². The zero-order chi connectivity index (χ0) is 8.55. The molecule has 0 aromatic carbocycles. The van der Waals surface area contributed by atoms with Crippen LogP contribution in [0.3, 0.4) is 0 Å². The molecule has 2 heterocycles. The van der Waals surface area contributed by atoms with Crippen LogP contribution in [0.25, 0.3) is 10.8 Å². The van der Waals surface area contributed by atoms with Crippen molar-refractivity contribution in [3.05, 3.63) is 30.9 Å². The highest BCUT2D eigenvalue weighted by molar-refractivity contribution is 5.81. The van der Waals surface area contributed by atoms with E-state index in [1.165, 1.54) is 10.8 Å². The lowest BCUT2D eigenvalue weighted by Crippen LogP contribution is -1.94. The Balaban J connectivity index is 2.62. The molecule has 0 aliphatic rings. The van der Waals surface area contributed by atoms with Crippen LogP contribution in [0.1, 0.15) is 19.9 Å². The average molecular weight is 160 g/mol. The van der Waals surface area contributed by atoms with Crippen LogP contribution in [-0.4, -0.2) is 9.55 Å². The van der Waals surface area contributed by atoms with Crippen LogP contribution >= 0.6 is 0 Å². The summed E-state index contributed by atoms with van der Waals surface area (Å²) >= 11 is 0. The van der Waals surface area contributed by atoms with Crippen molar-refractivity contribution >= 4 is 10.8 Å². The molecule has 2 heteroatoms. The van der Waals surface area contributed by atoms with E-state index in [1.807, 2.05) is 18.5 Å². The second kappa shape index (κ2) is 2.63. The molecule has 0 radical (unpaired) electrons. The first-order chi connectivity index (χ1) is 5.77. The molecular weight excluding hydrogens is 148 g/mol. The molecule has 0 spiro atoms. The maximum atomic E-state index is 4.07. The van der Waals surface area contributed by atoms with E-state index < -0.39 is 0 Å². The third-order valence-electron chi connectivity index (χ3n) is 2.06. The quantitative estimate of drug-likeness (QED) is 0.627. The second-order valence-corrected chi connectivity index (χ2v) is 3.30. The van der Waals surface area contributed by atoms with Crippen LogP contribution in [0.4, 0.5) is 0 Å². The molecule has 62 valence electrons. The van der Waals surface area contributed by atoms with Crippen molar-refractivity contribution in [3.63, 3.8) is 0 Å². The Bertz CT molecular complexity index is 354. The summed E-state index contributed by atoms with van der Waals surface area (Å²) in [5.41, 5.74) is 0. The van der Waals surface area contributed by atoms with E-state index in [4.69, 9.17) is 0 Å². The SMILES string of the molecule is CC(C)n1cc2ccncc2c1. The summed E-state index contributed by atoms with van der Waals surface area (Å²) in [6.07, 6.45) is 8.01. The Kier molecular flexibility index (Phi) is 1.61. The summed E-state index contributed by atoms with van der Waals surface area (Å²) < 4.78 is 2.20. The molecule has 0 saturated carbocycles. The lowest BCUT2D eigenvalue weighted by molar-refractivity contribution is 0.606. The van der Waals surface area contributed by atoms with Crippen molar-refractivity contribution in [2.24, 2.45) is 0 Å². The standard InChI is InChI=1S/C10H12N2/c1-8(2)12-6-9-3-4-11-5-10(9)7-12/h3-8H,1-2H3. The van der Waals surface area contributed by atoms with Gasteiger partial charge in [-0.15, -0.1) is 0 Å². The average Bonchev–Trinajstić information content (AvgIpc) is 2.46. The first kappa shape index (κ1) is 7.35. The normalized spacial score (nSPS) is 11.2. The zero-order valence-corrected chi connectivity index (χ0v) is 7.36. The number of fused-ring (bicyclic) bond motifs is 1. The van der Waals surface area contributed by atoms with Gasteiger partial charge in [0.1, 0.15) is 0 Å². The maximum Gasteiger partial charge on any atom is 0.0361 e. The molecule has 0 fully saturated rings. The Hall–Kier alpha value is -1.31. The van der Waals surface area contributed by atoms with Gasteiger partial charge in [-0.05, 0) is 19.9 Å². The van der Waals surface area contributed by atoms with E-state index in [-0.39, 0.29) is 0 Å². The predicted molar refractivity (Wildman–Crippen MR) is 50.1 cm³/mol. The van der Waals surface area contributed by atoms with E-state index in [0.29, 0.717) is 6.04 Å². The Morgan fingerprint density at radius 2 is 2.00 bits per heavy atom. The van der Waals surface area contributed by atoms with Gasteiger partial charge in [-0.3, -0.25) is 4.98 Å². The van der Waals surface area contributed by atoms with Gasteiger partial charge < -0.3 is 4.57 Å². The fraction of sp³-hybridized carbons (Fsp3) is 0.300. The monoisotopic (exact) mass is 160 g/mol. The third kappa shape index (κ3) is 1.09. The maximum absolute atomic E-state index is 4.07. The number of hydrogen-bond acceptors (Lipinski definition) is 1. The van der Waals surface area contributed by atoms with Crippen LogP contribution in [0, 0.1) is 0 Å². The molecule has 0 amide bonds. The number of aromatic nitrogens is 2. The van der Waals surface area contributed by atoms with Gasteiger partial charge in [-0.2, -0.15) is 0 Å². The largest absolute Gasteiger partial charge is 0.351 e. The van der Waals surface area contributed by atoms with Crippen LogP contribution in [0.2, 0.25) is 0 Å². The van der Waals surface area contributed by atoms with E-state index >= 15 is 0 Å². The van der Waals surface area contributed by atoms with Gasteiger partial charge in [-0.1, -0.05) is 0 Å². The summed E-state index contributed by atoms with van der Waals surface area (Å²) in [4.78, 5) is 4.07. The van der Waals surface area contributed by atoms with Crippen molar-refractivity contribution < 1.29 is 0 Å². The van der Waals surface area contributed by atoms with Crippen LogP contribution in [0.5, 0.6) is 0 Å². The molecule has 12 heavy (non-hydrogen) atoms. The molecule has 0 aliphatic carbocycles. The highest BCUT2D eigenvalue weighted by atomic mass is 15.0. The minimum Gasteiger partial charge on any atom is -0.351 e. The van der Waals surface area contributed by atoms with Crippen molar-refractivity contribution in [2.45, 2.75) is 19.9 Å². The van der Waals surface area contributed by atoms with Gasteiger partial charge in [0.25, 0.3) is 0 Å². The molecule has 0 bridgehead atoms. The highest BCUT2D eigenvalue weighted by Gasteiger charge is 1.99. The molecule has 0 unspecified atom stereocenters. The number of pyridine rings is 1. The van der Waals surface area contributed by atoms with Crippen molar-refractivity contribution in [1.82, 2.24) is 9.55 Å². The minimum atomic E-state index is 0.525. The van der Waals surface area contributed by atoms with E-state index in [0.717, 1.165) is 0 Å². The van der Waals surface area contributed by atoms with Gasteiger partial charge in [0.15, 0.2) is 0 Å². The fourth-order valence-corrected chi connectivity index (χ4v) is 1.30. The molecule has 0 saturated heterocycles. The molecule has 2 aromatic rings. The molecule has 0 aliphatic heterocycles. The smallest absolute Gasteiger partial charge is 0.0361 e. The second-order valence-electron chi connectivity index (χ2n) is 3.30. The summed E-state index contributed by atoms with van der Waals surface area (Å²) in [5.74, 6) is 0. The minimum absolute atomic E-state index is 0.525. The van der Waals surface area contributed by atoms with Gasteiger partial charge in [0.05, 0.1) is 0 Å². The van der Waals surface area contributed by atoms with Gasteiger partial charge in [-0.25, -0.2) is 0 Å². The van der Waals surface area contributed by atoms with E-state index in [2.05, 4.69) is 35.8 Å². The molecule has 2 nitrogen and oxygen atoms in total. The summed E-state index contributed by atoms with van der Waals surface area (Å²) in [6.45, 7) is 4.35. The lowest BCUT2D eigenvalue weighted by atomic mass is 10.3. The van der Waals surface area contributed by atoms with E-state index in [1.54, 1.807) is 0 Å². The topological polar surface area (TPSA) is 17.8 Å². The summed E-state index contributed by atoms with van der Waals surface area (Å²) in [6, 6.07) is 2.56. The number of nitrogens with zero attached hydrogens (tertiary/aromatic N) is 2. The molecule has 2 aromatic heterocycles. The van der Waals surface area contributed by atoms with Crippen molar-refractivity contribution in [1.29, 1.82) is 0 Å². The van der Waals surface area contributed by atoms with Gasteiger partial charge in [0, 0.05) is 41.6 Å². The Morgan fingerprint density at radius 1 is 1.25 bits per heavy atom. The van der Waals surface area contributed by atoms with Gasteiger partial charge in [0.2, 0.25) is 0 Å². The highest BCUT2D eigenvalue weighted by Crippen LogP contribution is 2.16. The van der Waals surface area contributed by atoms with Crippen LogP contribution in [-0.2, 0) is 0 Å². The zero-order valence-electron chi connectivity index (χ0n) is 7.36.